The predicted molar refractivity (Wildman–Crippen MR) is 65.6 cm³/mol. The molecular formula is C13H20N2O2. The molecule has 1 aromatic heterocycles. The van der Waals surface area contributed by atoms with Gasteiger partial charge in [-0.1, -0.05) is 0 Å². The largest absolute Gasteiger partial charge is 0.393 e. The molecule has 1 amide bonds. The lowest BCUT2D eigenvalue weighted by Gasteiger charge is -2.29. The summed E-state index contributed by atoms with van der Waals surface area (Å²) in [5.41, 5.74) is 1.26. The fraction of sp³-hybridized carbons (Fsp3) is 0.615. The highest BCUT2D eigenvalue weighted by molar-refractivity contribution is 5.76. The van der Waals surface area contributed by atoms with Crippen LogP contribution in [0.25, 0.3) is 0 Å². The van der Waals surface area contributed by atoms with E-state index in [1.165, 1.54) is 5.56 Å². The van der Waals surface area contributed by atoms with E-state index >= 15 is 0 Å². The number of carbonyl (C=O) groups excluding carboxylic acids is 1. The van der Waals surface area contributed by atoms with Crippen LogP contribution in [-0.4, -0.2) is 40.1 Å². The molecule has 0 bridgehead atoms. The van der Waals surface area contributed by atoms with Gasteiger partial charge in [0, 0.05) is 31.9 Å². The molecule has 1 aliphatic heterocycles. The first-order valence-electron chi connectivity index (χ1n) is 6.33. The number of rotatable bonds is 4. The van der Waals surface area contributed by atoms with Gasteiger partial charge in [-0.25, -0.2) is 0 Å². The smallest absolute Gasteiger partial charge is 0.222 e. The third-order valence-electron chi connectivity index (χ3n) is 3.34. The summed E-state index contributed by atoms with van der Waals surface area (Å²) in [7, 11) is 0. The zero-order valence-corrected chi connectivity index (χ0v) is 10.1. The second-order valence-corrected chi connectivity index (χ2v) is 4.68. The van der Waals surface area contributed by atoms with Gasteiger partial charge in [-0.2, -0.15) is 0 Å². The number of nitrogens with one attached hydrogen (secondary N) is 1. The van der Waals surface area contributed by atoms with Gasteiger partial charge in [0.15, 0.2) is 0 Å². The van der Waals surface area contributed by atoms with Crippen LogP contribution in [0.3, 0.4) is 0 Å². The van der Waals surface area contributed by atoms with E-state index in [9.17, 15) is 9.90 Å². The van der Waals surface area contributed by atoms with E-state index in [0.29, 0.717) is 19.5 Å². The molecule has 0 radical (unpaired) electrons. The number of aromatic nitrogens is 1. The maximum Gasteiger partial charge on any atom is 0.222 e. The summed E-state index contributed by atoms with van der Waals surface area (Å²) >= 11 is 0. The molecule has 2 heterocycles. The third kappa shape index (κ3) is 3.60. The van der Waals surface area contributed by atoms with Gasteiger partial charge >= 0.3 is 0 Å². The third-order valence-corrected chi connectivity index (χ3v) is 3.34. The number of nitrogens with zero attached hydrogens (tertiary/aromatic N) is 1. The van der Waals surface area contributed by atoms with Gasteiger partial charge in [-0.05, 0) is 37.3 Å². The van der Waals surface area contributed by atoms with Crippen molar-refractivity contribution in [3.63, 3.8) is 0 Å². The van der Waals surface area contributed by atoms with Crippen LogP contribution < -0.4 is 0 Å². The number of amides is 1. The average Bonchev–Trinajstić information content (AvgIpc) is 2.83. The SMILES string of the molecule is O=C(CCCc1cc[nH]c1)N1CCC(O)CC1. The minimum Gasteiger partial charge on any atom is -0.393 e. The van der Waals surface area contributed by atoms with Gasteiger partial charge in [-0.3, -0.25) is 4.79 Å². The molecule has 1 saturated heterocycles. The normalized spacial score (nSPS) is 17.4. The Morgan fingerprint density at radius 3 is 2.88 bits per heavy atom. The molecule has 0 spiro atoms. The fourth-order valence-corrected chi connectivity index (χ4v) is 2.23. The van der Waals surface area contributed by atoms with Gasteiger partial charge in [-0.15, -0.1) is 0 Å². The van der Waals surface area contributed by atoms with Gasteiger partial charge < -0.3 is 15.0 Å². The van der Waals surface area contributed by atoms with Crippen LogP contribution >= 0.6 is 0 Å². The molecule has 17 heavy (non-hydrogen) atoms. The lowest BCUT2D eigenvalue weighted by atomic mass is 10.1. The topological polar surface area (TPSA) is 56.3 Å². The number of hydrogen-bond acceptors (Lipinski definition) is 2. The molecule has 94 valence electrons. The van der Waals surface area contributed by atoms with E-state index < -0.39 is 0 Å². The molecule has 0 aromatic carbocycles. The first-order valence-corrected chi connectivity index (χ1v) is 6.33. The second kappa shape index (κ2) is 5.87. The standard InChI is InChI=1S/C13H20N2O2/c16-12-5-8-15(9-6-12)13(17)3-1-2-11-4-7-14-10-11/h4,7,10,12,14,16H,1-3,5-6,8-9H2. The van der Waals surface area contributed by atoms with Gasteiger partial charge in [0.1, 0.15) is 0 Å². The summed E-state index contributed by atoms with van der Waals surface area (Å²) in [6.45, 7) is 1.42. The molecule has 0 atom stereocenters. The molecule has 1 aromatic rings. The molecular weight excluding hydrogens is 216 g/mol. The fourth-order valence-electron chi connectivity index (χ4n) is 2.23. The molecule has 2 N–H and O–H groups in total. The number of H-pyrrole nitrogens is 1. The van der Waals surface area contributed by atoms with Crippen LogP contribution in [0.2, 0.25) is 0 Å². The Kier molecular flexibility index (Phi) is 4.20. The Balaban J connectivity index is 1.67. The predicted octanol–water partition coefficient (Wildman–Crippen LogP) is 1.32. The van der Waals surface area contributed by atoms with Gasteiger partial charge in [0.05, 0.1) is 6.10 Å². The van der Waals surface area contributed by atoms with Crippen LogP contribution in [0.1, 0.15) is 31.2 Å². The number of piperidine rings is 1. The summed E-state index contributed by atoms with van der Waals surface area (Å²) in [5.74, 6) is 0.229. The quantitative estimate of drug-likeness (QED) is 0.828. The monoisotopic (exact) mass is 236 g/mol. The van der Waals surface area contributed by atoms with Crippen molar-refractivity contribution in [2.24, 2.45) is 0 Å². The van der Waals surface area contributed by atoms with Crippen molar-refractivity contribution in [1.82, 2.24) is 9.88 Å². The molecule has 2 rings (SSSR count). The highest BCUT2D eigenvalue weighted by Gasteiger charge is 2.20. The summed E-state index contributed by atoms with van der Waals surface area (Å²) < 4.78 is 0. The van der Waals surface area contributed by atoms with Gasteiger partial charge in [0.2, 0.25) is 5.91 Å². The average molecular weight is 236 g/mol. The van der Waals surface area contributed by atoms with Crippen molar-refractivity contribution in [3.8, 4) is 0 Å². The highest BCUT2D eigenvalue weighted by Crippen LogP contribution is 2.12. The van der Waals surface area contributed by atoms with Crippen LogP contribution in [0.5, 0.6) is 0 Å². The zero-order chi connectivity index (χ0) is 12.1. The molecule has 0 aliphatic carbocycles. The minimum absolute atomic E-state index is 0.209. The van der Waals surface area contributed by atoms with E-state index in [1.54, 1.807) is 0 Å². The van der Waals surface area contributed by atoms with Crippen LogP contribution in [0.4, 0.5) is 0 Å². The van der Waals surface area contributed by atoms with Crippen molar-refractivity contribution in [3.05, 3.63) is 24.0 Å². The van der Waals surface area contributed by atoms with E-state index in [2.05, 4.69) is 4.98 Å². The van der Waals surface area contributed by atoms with Crippen molar-refractivity contribution < 1.29 is 9.90 Å². The Morgan fingerprint density at radius 2 is 2.24 bits per heavy atom. The molecule has 4 nitrogen and oxygen atoms in total. The van der Waals surface area contributed by atoms with Crippen molar-refractivity contribution >= 4 is 5.91 Å². The van der Waals surface area contributed by atoms with Crippen molar-refractivity contribution in [2.45, 2.75) is 38.2 Å². The van der Waals surface area contributed by atoms with E-state index in [-0.39, 0.29) is 12.0 Å². The molecule has 1 fully saturated rings. The number of carbonyl (C=O) groups is 1. The number of aryl methyl sites for hydroxylation is 1. The number of likely N-dealkylation sites (tertiary alicyclic amines) is 1. The molecule has 1 aliphatic rings. The number of aromatic amines is 1. The van der Waals surface area contributed by atoms with Crippen molar-refractivity contribution in [2.75, 3.05) is 13.1 Å². The molecule has 4 heteroatoms. The Morgan fingerprint density at radius 1 is 1.47 bits per heavy atom. The lowest BCUT2D eigenvalue weighted by Crippen LogP contribution is -2.39. The summed E-state index contributed by atoms with van der Waals surface area (Å²) in [6, 6.07) is 2.04. The minimum atomic E-state index is -0.209. The molecule has 0 unspecified atom stereocenters. The van der Waals surface area contributed by atoms with Gasteiger partial charge in [0.25, 0.3) is 0 Å². The van der Waals surface area contributed by atoms with Crippen LogP contribution in [-0.2, 0) is 11.2 Å². The van der Waals surface area contributed by atoms with Crippen LogP contribution in [0.15, 0.2) is 18.5 Å². The lowest BCUT2D eigenvalue weighted by molar-refractivity contribution is -0.133. The number of aliphatic hydroxyl groups is 1. The highest BCUT2D eigenvalue weighted by atomic mass is 16.3. The first-order chi connectivity index (χ1) is 8.25. The summed E-state index contributed by atoms with van der Waals surface area (Å²) in [6.07, 6.45) is 7.58. The first kappa shape index (κ1) is 12.2. The second-order valence-electron chi connectivity index (χ2n) is 4.68. The zero-order valence-electron chi connectivity index (χ0n) is 10.1. The number of aliphatic hydroxyl groups excluding tert-OH is 1. The van der Waals surface area contributed by atoms with E-state index in [1.807, 2.05) is 23.4 Å². The summed E-state index contributed by atoms with van der Waals surface area (Å²) in [4.78, 5) is 16.8. The van der Waals surface area contributed by atoms with E-state index in [0.717, 1.165) is 25.7 Å². The Bertz CT molecular complexity index is 340. The Hall–Kier alpha value is -1.29. The van der Waals surface area contributed by atoms with Crippen molar-refractivity contribution in [1.29, 1.82) is 0 Å². The maximum absolute atomic E-state index is 11.9. The van der Waals surface area contributed by atoms with Crippen LogP contribution in [0, 0.1) is 0 Å². The number of hydrogen-bond donors (Lipinski definition) is 2. The Labute approximate surface area is 102 Å². The van der Waals surface area contributed by atoms with E-state index in [4.69, 9.17) is 0 Å². The maximum atomic E-state index is 11.9. The molecule has 0 saturated carbocycles. The summed E-state index contributed by atoms with van der Waals surface area (Å²) in [5, 5.41) is 9.37.